The molecule has 3 aromatic carbocycles. The van der Waals surface area contributed by atoms with Gasteiger partial charge in [0.25, 0.3) is 0 Å². The first-order valence-electron chi connectivity index (χ1n) is 7.91. The summed E-state index contributed by atoms with van der Waals surface area (Å²) < 4.78 is 0. The summed E-state index contributed by atoms with van der Waals surface area (Å²) in [4.78, 5) is 0. The highest BCUT2D eigenvalue weighted by molar-refractivity contribution is 7.14. The second kappa shape index (κ2) is 6.77. The average Bonchev–Trinajstić information content (AvgIpc) is 3.12. The maximum absolute atomic E-state index is 4.34. The molecule has 1 aromatic heterocycles. The molecule has 0 spiro atoms. The molecular weight excluding hydrogens is 312 g/mol. The molecule has 0 saturated heterocycles. The fraction of sp³-hybridized carbons (Fsp3) is 0.0476. The summed E-state index contributed by atoms with van der Waals surface area (Å²) in [5.41, 5.74) is 4.86. The van der Waals surface area contributed by atoms with Crippen LogP contribution < -0.4 is 0 Å². The van der Waals surface area contributed by atoms with Crippen molar-refractivity contribution >= 4 is 11.3 Å². The van der Waals surface area contributed by atoms with Crippen LogP contribution in [0.25, 0.3) is 21.7 Å². The Kier molecular flexibility index (Phi) is 4.17. The van der Waals surface area contributed by atoms with E-state index in [1.54, 1.807) is 11.3 Å². The minimum absolute atomic E-state index is 0.819. The Hall–Kier alpha value is -2.78. The van der Waals surface area contributed by atoms with Crippen LogP contribution in [0.2, 0.25) is 0 Å². The molecule has 4 rings (SSSR count). The van der Waals surface area contributed by atoms with Gasteiger partial charge in [0.05, 0.1) is 0 Å². The zero-order valence-electron chi connectivity index (χ0n) is 13.1. The van der Waals surface area contributed by atoms with Crippen LogP contribution in [0.5, 0.6) is 0 Å². The lowest BCUT2D eigenvalue weighted by Crippen LogP contribution is -1.87. The third-order valence-electron chi connectivity index (χ3n) is 3.90. The Bertz CT molecular complexity index is 913. The normalized spacial score (nSPS) is 10.7. The van der Waals surface area contributed by atoms with Gasteiger partial charge in [0.2, 0.25) is 0 Å². The molecule has 0 aliphatic rings. The van der Waals surface area contributed by atoms with E-state index in [0.717, 1.165) is 22.0 Å². The third kappa shape index (κ3) is 3.26. The molecule has 0 bridgehead atoms. The second-order valence-electron chi connectivity index (χ2n) is 5.61. The first-order valence-corrected chi connectivity index (χ1v) is 8.72. The fourth-order valence-electron chi connectivity index (χ4n) is 2.64. The highest BCUT2D eigenvalue weighted by atomic mass is 32.1. The lowest BCUT2D eigenvalue weighted by molar-refractivity contribution is 1.01. The Labute approximate surface area is 145 Å². The summed E-state index contributed by atoms with van der Waals surface area (Å²) in [6.45, 7) is 0. The molecule has 2 nitrogen and oxygen atoms in total. The van der Waals surface area contributed by atoms with Gasteiger partial charge in [-0.25, -0.2) is 0 Å². The van der Waals surface area contributed by atoms with Crippen LogP contribution in [0.4, 0.5) is 0 Å². The number of hydrogen-bond donors (Lipinski definition) is 0. The predicted molar refractivity (Wildman–Crippen MR) is 100 cm³/mol. The van der Waals surface area contributed by atoms with Crippen molar-refractivity contribution in [2.75, 3.05) is 0 Å². The number of rotatable bonds is 4. The molecule has 3 heteroatoms. The van der Waals surface area contributed by atoms with Gasteiger partial charge in [-0.3, -0.25) is 0 Å². The lowest BCUT2D eigenvalue weighted by Gasteiger charge is -2.03. The Balaban J connectivity index is 1.51. The molecule has 0 aliphatic carbocycles. The molecule has 0 amide bonds. The molecule has 0 radical (unpaired) electrons. The topological polar surface area (TPSA) is 25.8 Å². The molecule has 24 heavy (non-hydrogen) atoms. The number of benzene rings is 3. The molecule has 4 aromatic rings. The monoisotopic (exact) mass is 328 g/mol. The molecule has 0 fully saturated rings. The second-order valence-corrected chi connectivity index (χ2v) is 6.67. The van der Waals surface area contributed by atoms with E-state index in [-0.39, 0.29) is 0 Å². The van der Waals surface area contributed by atoms with Crippen molar-refractivity contribution in [2.24, 2.45) is 0 Å². The predicted octanol–water partition coefficient (Wildman–Crippen LogP) is 5.46. The van der Waals surface area contributed by atoms with E-state index in [1.165, 1.54) is 16.7 Å². The number of aromatic nitrogens is 2. The maximum Gasteiger partial charge on any atom is 0.147 e. The summed E-state index contributed by atoms with van der Waals surface area (Å²) in [6, 6.07) is 29.3. The molecule has 0 unspecified atom stereocenters. The lowest BCUT2D eigenvalue weighted by atomic mass is 10.0. The summed E-state index contributed by atoms with van der Waals surface area (Å²) in [7, 11) is 0. The highest BCUT2D eigenvalue weighted by Gasteiger charge is 2.07. The molecule has 0 atom stereocenters. The van der Waals surface area contributed by atoms with Gasteiger partial charge in [-0.05, 0) is 16.7 Å². The SMILES string of the molecule is c1ccc(-c2ccc(Cc3nnc(-c4ccccc4)s3)cc2)cc1. The van der Waals surface area contributed by atoms with Crippen molar-refractivity contribution in [3.63, 3.8) is 0 Å². The van der Waals surface area contributed by atoms with Gasteiger partial charge in [-0.15, -0.1) is 10.2 Å². The largest absolute Gasteiger partial charge is 0.147 e. The standard InChI is InChI=1S/C21H16N2S/c1-3-7-17(8-4-1)18-13-11-16(12-14-18)15-20-22-23-21(24-20)19-9-5-2-6-10-19/h1-14H,15H2. The Morgan fingerprint density at radius 1 is 0.583 bits per heavy atom. The van der Waals surface area contributed by atoms with Gasteiger partial charge >= 0.3 is 0 Å². The minimum Gasteiger partial charge on any atom is -0.143 e. The molecule has 0 saturated carbocycles. The smallest absolute Gasteiger partial charge is 0.143 e. The van der Waals surface area contributed by atoms with E-state index in [0.29, 0.717) is 0 Å². The van der Waals surface area contributed by atoms with Crippen LogP contribution in [-0.4, -0.2) is 10.2 Å². The highest BCUT2D eigenvalue weighted by Crippen LogP contribution is 2.25. The van der Waals surface area contributed by atoms with E-state index in [2.05, 4.69) is 70.9 Å². The third-order valence-corrected chi connectivity index (χ3v) is 4.88. The van der Waals surface area contributed by atoms with Crippen molar-refractivity contribution in [2.45, 2.75) is 6.42 Å². The Morgan fingerprint density at radius 2 is 1.17 bits per heavy atom. The summed E-state index contributed by atoms with van der Waals surface area (Å²) in [5, 5.41) is 10.7. The first kappa shape index (κ1) is 14.8. The van der Waals surface area contributed by atoms with Gasteiger partial charge in [0, 0.05) is 12.0 Å². The van der Waals surface area contributed by atoms with Crippen molar-refractivity contribution in [1.29, 1.82) is 0 Å². The number of hydrogen-bond acceptors (Lipinski definition) is 3. The van der Waals surface area contributed by atoms with Gasteiger partial charge in [-0.2, -0.15) is 0 Å². The van der Waals surface area contributed by atoms with E-state index < -0.39 is 0 Å². The van der Waals surface area contributed by atoms with Crippen LogP contribution in [0.15, 0.2) is 84.9 Å². The summed E-state index contributed by atoms with van der Waals surface area (Å²) >= 11 is 1.66. The van der Waals surface area contributed by atoms with Crippen molar-refractivity contribution in [3.05, 3.63) is 95.5 Å². The summed E-state index contributed by atoms with van der Waals surface area (Å²) in [6.07, 6.45) is 0.819. The quantitative estimate of drug-likeness (QED) is 0.497. The first-order chi connectivity index (χ1) is 11.9. The van der Waals surface area contributed by atoms with E-state index in [9.17, 15) is 0 Å². The van der Waals surface area contributed by atoms with Crippen LogP contribution in [0.1, 0.15) is 10.6 Å². The van der Waals surface area contributed by atoms with Gasteiger partial charge in [0.1, 0.15) is 10.0 Å². The summed E-state index contributed by atoms with van der Waals surface area (Å²) in [5.74, 6) is 0. The average molecular weight is 328 g/mol. The van der Waals surface area contributed by atoms with E-state index in [1.807, 2.05) is 24.3 Å². The zero-order chi connectivity index (χ0) is 16.2. The van der Waals surface area contributed by atoms with E-state index >= 15 is 0 Å². The van der Waals surface area contributed by atoms with Crippen LogP contribution >= 0.6 is 11.3 Å². The van der Waals surface area contributed by atoms with Crippen LogP contribution in [0.3, 0.4) is 0 Å². The Morgan fingerprint density at radius 3 is 1.83 bits per heavy atom. The fourth-order valence-corrected chi connectivity index (χ4v) is 3.52. The van der Waals surface area contributed by atoms with Crippen molar-refractivity contribution in [1.82, 2.24) is 10.2 Å². The molecule has 0 N–H and O–H groups in total. The molecule has 116 valence electrons. The van der Waals surface area contributed by atoms with Crippen LogP contribution in [0, 0.1) is 0 Å². The van der Waals surface area contributed by atoms with Crippen LogP contribution in [-0.2, 0) is 6.42 Å². The van der Waals surface area contributed by atoms with Crippen molar-refractivity contribution < 1.29 is 0 Å². The van der Waals surface area contributed by atoms with Crippen molar-refractivity contribution in [3.8, 4) is 21.7 Å². The van der Waals surface area contributed by atoms with Gasteiger partial charge in [0.15, 0.2) is 0 Å². The van der Waals surface area contributed by atoms with E-state index in [4.69, 9.17) is 0 Å². The van der Waals surface area contributed by atoms with Gasteiger partial charge in [-0.1, -0.05) is 96.3 Å². The number of nitrogens with zero attached hydrogens (tertiary/aromatic N) is 2. The molecule has 1 heterocycles. The molecule has 0 aliphatic heterocycles. The van der Waals surface area contributed by atoms with Gasteiger partial charge < -0.3 is 0 Å². The zero-order valence-corrected chi connectivity index (χ0v) is 13.9. The minimum atomic E-state index is 0.819. The maximum atomic E-state index is 4.34. The molecular formula is C21H16N2S.